The Morgan fingerprint density at radius 1 is 0.980 bits per heavy atom. The number of nitrogens with one attached hydrogen (secondary N) is 1. The lowest BCUT2D eigenvalue weighted by Crippen LogP contribution is -2.62. The number of carboxylic acids is 1. The summed E-state index contributed by atoms with van der Waals surface area (Å²) in [5.74, 6) is -2.84. The molecule has 2 fully saturated rings. The molecule has 286 valence electrons. The van der Waals surface area contributed by atoms with E-state index in [4.69, 9.17) is 9.84 Å². The average Bonchev–Trinajstić information content (AvgIpc) is 3.26. The second-order valence-electron chi connectivity index (χ2n) is 18.2. The van der Waals surface area contributed by atoms with Crippen LogP contribution in [0.5, 0.6) is 0 Å². The molecule has 0 aliphatic heterocycles. The molecule has 8 N–H and O–H groups in total. The summed E-state index contributed by atoms with van der Waals surface area (Å²) in [4.78, 5) is 36.0. The minimum Gasteiger partial charge on any atom is -0.480 e. The van der Waals surface area contributed by atoms with Crippen molar-refractivity contribution >= 4 is 17.8 Å². The fourth-order valence-electron chi connectivity index (χ4n) is 11.1. The highest BCUT2D eigenvalue weighted by Crippen LogP contribution is 2.72. The molecule has 0 aromatic rings. The van der Waals surface area contributed by atoms with Crippen LogP contribution in [-0.2, 0) is 19.1 Å². The number of carbonyl (C=O) groups is 3. The molecular formula is C38H63NO11. The Morgan fingerprint density at radius 3 is 2.20 bits per heavy atom. The average molecular weight is 710 g/mol. The van der Waals surface area contributed by atoms with E-state index in [2.05, 4.69) is 26.1 Å². The van der Waals surface area contributed by atoms with Gasteiger partial charge in [0.05, 0.1) is 42.4 Å². The van der Waals surface area contributed by atoms with Crippen molar-refractivity contribution in [3.8, 4) is 0 Å². The number of allylic oxidation sites excluding steroid dienone is 1. The first-order valence-corrected chi connectivity index (χ1v) is 18.4. The van der Waals surface area contributed by atoms with E-state index < -0.39 is 89.1 Å². The van der Waals surface area contributed by atoms with Gasteiger partial charge >= 0.3 is 11.9 Å². The van der Waals surface area contributed by atoms with Gasteiger partial charge in [-0.15, -0.1) is 0 Å². The number of amides is 1. The van der Waals surface area contributed by atoms with Crippen molar-refractivity contribution in [2.45, 2.75) is 155 Å². The Bertz CT molecular complexity index is 1340. The summed E-state index contributed by atoms with van der Waals surface area (Å²) in [6.45, 7) is 14.3. The molecule has 12 nitrogen and oxygen atoms in total. The fraction of sp³-hybridized carbons (Fsp3) is 0.868. The molecule has 1 amide bonds. The smallest absolute Gasteiger partial charge is 0.322 e. The van der Waals surface area contributed by atoms with Gasteiger partial charge in [-0.25, -0.2) is 0 Å². The number of rotatable bonds is 13. The maximum Gasteiger partial charge on any atom is 0.322 e. The minimum absolute atomic E-state index is 0.00290. The summed E-state index contributed by atoms with van der Waals surface area (Å²) in [7, 11) is 0. The van der Waals surface area contributed by atoms with Crippen LogP contribution in [0.25, 0.3) is 0 Å². The monoisotopic (exact) mass is 709 g/mol. The van der Waals surface area contributed by atoms with Crippen molar-refractivity contribution in [1.82, 2.24) is 5.32 Å². The molecule has 0 heterocycles. The predicted molar refractivity (Wildman–Crippen MR) is 184 cm³/mol. The molecule has 4 rings (SSSR count). The summed E-state index contributed by atoms with van der Waals surface area (Å²) >= 11 is 0. The summed E-state index contributed by atoms with van der Waals surface area (Å²) in [5, 5.41) is 76.9. The summed E-state index contributed by atoms with van der Waals surface area (Å²) < 4.78 is 5.91. The maximum absolute atomic E-state index is 13.2. The standard InChI is InChI=1S/C38H63NO11/c1-33(2)26-11-10-23-24(15-28(43)38(8)22(13-14-37(23,38)7)21(20-40)9-12-27(42)34(3,4)48)36(26,6)16-25(41)32(33)50-31(47)18-35(5,49)17-29(44)39-19-30(45)46/h21-22,25-28,32,40-43,48-49H,9-20H2,1-8H3,(H,39,44)(H,45,46)/t21-,22+,25+,26+,27-,28+,32+,35-,36+,37-,38+/m0/s1. The quantitative estimate of drug-likeness (QED) is 0.103. The van der Waals surface area contributed by atoms with Crippen LogP contribution in [0.4, 0.5) is 0 Å². The molecule has 50 heavy (non-hydrogen) atoms. The van der Waals surface area contributed by atoms with Crippen molar-refractivity contribution in [3.63, 3.8) is 0 Å². The van der Waals surface area contributed by atoms with E-state index in [0.29, 0.717) is 25.7 Å². The largest absolute Gasteiger partial charge is 0.480 e. The van der Waals surface area contributed by atoms with Gasteiger partial charge in [-0.2, -0.15) is 0 Å². The number of hydrogen-bond acceptors (Lipinski definition) is 10. The molecule has 12 heteroatoms. The molecule has 4 aliphatic carbocycles. The normalized spacial score (nSPS) is 37.4. The number of fused-ring (bicyclic) bond motifs is 4. The molecule has 0 spiro atoms. The van der Waals surface area contributed by atoms with E-state index >= 15 is 0 Å². The second-order valence-corrected chi connectivity index (χ2v) is 18.2. The first kappa shape index (κ1) is 40.7. The zero-order valence-corrected chi connectivity index (χ0v) is 31.3. The number of aliphatic hydroxyl groups excluding tert-OH is 4. The summed E-state index contributed by atoms with van der Waals surface area (Å²) in [5.41, 5.74) is -2.56. The zero-order chi connectivity index (χ0) is 37.8. The molecule has 0 aromatic heterocycles. The van der Waals surface area contributed by atoms with Crippen LogP contribution in [0.1, 0.15) is 120 Å². The maximum atomic E-state index is 13.2. The molecule has 4 aliphatic rings. The van der Waals surface area contributed by atoms with Gasteiger partial charge in [-0.3, -0.25) is 14.4 Å². The van der Waals surface area contributed by atoms with Crippen LogP contribution in [0.2, 0.25) is 0 Å². The second kappa shape index (κ2) is 14.0. The van der Waals surface area contributed by atoms with Crippen LogP contribution in [0.3, 0.4) is 0 Å². The Balaban J connectivity index is 1.55. The number of esters is 1. The van der Waals surface area contributed by atoms with Crippen LogP contribution < -0.4 is 5.32 Å². The molecule has 0 unspecified atom stereocenters. The highest BCUT2D eigenvalue weighted by atomic mass is 16.6. The first-order chi connectivity index (χ1) is 22.8. The summed E-state index contributed by atoms with van der Waals surface area (Å²) in [6, 6.07) is 0. The molecule has 0 aromatic carbocycles. The topological polar surface area (TPSA) is 214 Å². The van der Waals surface area contributed by atoms with Crippen LogP contribution >= 0.6 is 0 Å². The Kier molecular flexibility index (Phi) is 11.4. The first-order valence-electron chi connectivity index (χ1n) is 18.4. The molecule has 0 bridgehead atoms. The van der Waals surface area contributed by atoms with E-state index in [9.17, 15) is 45.0 Å². The van der Waals surface area contributed by atoms with Crippen molar-refractivity contribution < 1.29 is 54.9 Å². The number of ether oxygens (including phenoxy) is 1. The third-order valence-corrected chi connectivity index (χ3v) is 14.0. The predicted octanol–water partition coefficient (Wildman–Crippen LogP) is 2.84. The Morgan fingerprint density at radius 2 is 1.62 bits per heavy atom. The van der Waals surface area contributed by atoms with Gasteiger partial charge in [0.15, 0.2) is 0 Å². The lowest BCUT2D eigenvalue weighted by molar-refractivity contribution is -0.198. The van der Waals surface area contributed by atoms with Crippen molar-refractivity contribution in [2.24, 2.45) is 39.4 Å². The van der Waals surface area contributed by atoms with E-state index in [-0.39, 0.29) is 29.8 Å². The number of hydrogen-bond donors (Lipinski definition) is 8. The lowest BCUT2D eigenvalue weighted by atomic mass is 9.42. The van der Waals surface area contributed by atoms with Crippen molar-refractivity contribution in [3.05, 3.63) is 11.1 Å². The number of carboxylic acid groups (broad SMARTS) is 1. The Hall–Kier alpha value is -2.09. The third-order valence-electron chi connectivity index (χ3n) is 14.0. The molecule has 0 saturated heterocycles. The minimum atomic E-state index is -1.79. The third kappa shape index (κ3) is 7.26. The lowest BCUT2D eigenvalue weighted by Gasteiger charge is -2.64. The molecule has 11 atom stereocenters. The highest BCUT2D eigenvalue weighted by Gasteiger charge is 2.67. The van der Waals surface area contributed by atoms with Gasteiger partial charge < -0.3 is 45.8 Å². The van der Waals surface area contributed by atoms with Gasteiger partial charge in [-0.05, 0) is 101 Å². The van der Waals surface area contributed by atoms with Crippen LogP contribution in [0.15, 0.2) is 11.1 Å². The SMILES string of the molecule is CC(C)(O)[C@@H](O)CC[C@@H](CO)[C@H]1CC[C@@]2(C)C3=C(C[C@@H](O)[C@@]12C)[C@@]1(C)C[C@@H](O)[C@@H](OC(=O)C[C@@](C)(O)CC(=O)NCC(=O)O)C(C)(C)[C@H]1CC3. The van der Waals surface area contributed by atoms with Crippen molar-refractivity contribution in [1.29, 1.82) is 0 Å². The van der Waals surface area contributed by atoms with E-state index in [1.165, 1.54) is 18.1 Å². The highest BCUT2D eigenvalue weighted by molar-refractivity contribution is 5.82. The molecular weight excluding hydrogens is 646 g/mol. The zero-order valence-electron chi connectivity index (χ0n) is 31.3. The van der Waals surface area contributed by atoms with Crippen LogP contribution in [-0.4, -0.2) is 102 Å². The van der Waals surface area contributed by atoms with Gasteiger partial charge in [0.25, 0.3) is 0 Å². The number of aliphatic carboxylic acids is 1. The Labute approximate surface area is 296 Å². The number of carbonyl (C=O) groups excluding carboxylic acids is 2. The van der Waals surface area contributed by atoms with E-state index in [1.54, 1.807) is 13.8 Å². The van der Waals surface area contributed by atoms with Crippen LogP contribution in [0, 0.1) is 39.4 Å². The number of aliphatic hydroxyl groups is 6. The van der Waals surface area contributed by atoms with Crippen molar-refractivity contribution in [2.75, 3.05) is 13.2 Å². The van der Waals surface area contributed by atoms with Gasteiger partial charge in [0.2, 0.25) is 5.91 Å². The van der Waals surface area contributed by atoms with Gasteiger partial charge in [0, 0.05) is 17.4 Å². The van der Waals surface area contributed by atoms with E-state index in [1.807, 2.05) is 13.8 Å². The van der Waals surface area contributed by atoms with E-state index in [0.717, 1.165) is 25.7 Å². The van der Waals surface area contributed by atoms with Gasteiger partial charge in [-0.1, -0.05) is 45.8 Å². The molecule has 0 radical (unpaired) electrons. The van der Waals surface area contributed by atoms with Gasteiger partial charge in [0.1, 0.15) is 12.6 Å². The summed E-state index contributed by atoms with van der Waals surface area (Å²) in [6.07, 6.45) is 0.358. The fourth-order valence-corrected chi connectivity index (χ4v) is 11.1. The molecule has 2 saturated carbocycles.